The third-order valence-electron chi connectivity index (χ3n) is 11.2. The molecule has 0 saturated carbocycles. The number of quaternary nitrogens is 1. The number of para-hydroxylation sites is 2. The normalized spacial score (nSPS) is 26.5. The van der Waals surface area contributed by atoms with Gasteiger partial charge in [0.05, 0.1) is 31.6 Å². The highest BCUT2D eigenvalue weighted by molar-refractivity contribution is 7.99. The van der Waals surface area contributed by atoms with Crippen LogP contribution in [0.25, 0.3) is 0 Å². The number of morpholine rings is 1. The van der Waals surface area contributed by atoms with Gasteiger partial charge in [0.2, 0.25) is 0 Å². The molecule has 8 atom stereocenters. The Morgan fingerprint density at radius 3 is 2.00 bits per heavy atom. The van der Waals surface area contributed by atoms with E-state index in [2.05, 4.69) is 93.1 Å². The Morgan fingerprint density at radius 2 is 1.48 bits per heavy atom. The van der Waals surface area contributed by atoms with Crippen molar-refractivity contribution in [3.63, 3.8) is 0 Å². The summed E-state index contributed by atoms with van der Waals surface area (Å²) in [6, 6.07) is 28.3. The minimum absolute atomic E-state index is 0. The van der Waals surface area contributed by atoms with E-state index in [-0.39, 0.29) is 48.1 Å². The van der Waals surface area contributed by atoms with Gasteiger partial charge in [-0.25, -0.2) is 0 Å². The van der Waals surface area contributed by atoms with Crippen molar-refractivity contribution in [2.24, 2.45) is 0 Å². The minimum atomic E-state index is -0.595. The van der Waals surface area contributed by atoms with Crippen LogP contribution in [0.4, 0.5) is 11.4 Å². The van der Waals surface area contributed by atoms with Crippen LogP contribution >= 0.6 is 24.2 Å². The second-order valence-electron chi connectivity index (χ2n) is 14.0. The predicted molar refractivity (Wildman–Crippen MR) is 201 cm³/mol. The van der Waals surface area contributed by atoms with Gasteiger partial charge in [-0.2, -0.15) is 0 Å². The van der Waals surface area contributed by atoms with Crippen LogP contribution in [0.1, 0.15) is 64.9 Å². The molecule has 2 bridgehead atoms. The first kappa shape index (κ1) is 40.7. The summed E-state index contributed by atoms with van der Waals surface area (Å²) in [6.07, 6.45) is 4.83. The molecule has 2 unspecified atom stereocenters. The van der Waals surface area contributed by atoms with Crippen LogP contribution in [-0.4, -0.2) is 96.7 Å². The summed E-state index contributed by atoms with van der Waals surface area (Å²) >= 11 is 1.88. The summed E-state index contributed by atoms with van der Waals surface area (Å²) in [5.41, 5.74) is 3.49. The molecule has 0 radical (unpaired) electrons. The smallest absolute Gasteiger partial charge is 0.316 e. The van der Waals surface area contributed by atoms with Crippen molar-refractivity contribution in [3.8, 4) is 0 Å². The van der Waals surface area contributed by atoms with Gasteiger partial charge in [0, 0.05) is 35.2 Å². The van der Waals surface area contributed by atoms with E-state index in [0.29, 0.717) is 30.3 Å². The maximum atomic E-state index is 12.7. The quantitative estimate of drug-likeness (QED) is 0.163. The van der Waals surface area contributed by atoms with Gasteiger partial charge in [-0.1, -0.05) is 93.6 Å². The maximum Gasteiger partial charge on any atom is 0.316 e. The fraction of sp³-hybridized carbons (Fsp3) is 0.525. The Labute approximate surface area is 320 Å². The Morgan fingerprint density at radius 1 is 0.940 bits per heavy atom. The van der Waals surface area contributed by atoms with E-state index in [1.165, 1.54) is 40.6 Å². The van der Waals surface area contributed by atoms with Crippen LogP contribution in [-0.2, 0) is 14.3 Å². The first-order valence-electron chi connectivity index (χ1n) is 18.1. The number of esters is 1. The third-order valence-corrected chi connectivity index (χ3v) is 12.3. The molecule has 7 rings (SSSR count). The molecule has 0 spiro atoms. The highest BCUT2D eigenvalue weighted by Gasteiger charge is 2.71. The largest absolute Gasteiger partial charge is 1.00 e. The number of fused-ring (bicyclic) bond motifs is 7. The number of ether oxygens (including phenoxy) is 2. The number of benzene rings is 3. The molecule has 3 aromatic carbocycles. The molecule has 4 aliphatic rings. The van der Waals surface area contributed by atoms with E-state index < -0.39 is 5.92 Å². The SMILES string of the molecule is CCCC[N+]1(C)[C@@H]2C[C@@H](OC(=O)[C@H](CO)c3ccccc3)C[C@H]1[C@@H]1O[C@@H]12.CCN(CC)C(C)CN1c2ccccc2Sc2ccccc21.Cl.[Br-]. The fourth-order valence-corrected chi connectivity index (χ4v) is 9.53. The van der Waals surface area contributed by atoms with Gasteiger partial charge in [0.1, 0.15) is 36.3 Å². The summed E-state index contributed by atoms with van der Waals surface area (Å²) < 4.78 is 12.9. The Bertz CT molecular complexity index is 1470. The number of carbonyl (C=O) groups is 1. The number of carbonyl (C=O) groups excluding carboxylic acids is 1. The van der Waals surface area contributed by atoms with E-state index in [1.54, 1.807) is 0 Å². The molecule has 0 aliphatic carbocycles. The number of anilines is 2. The molecular weight excluding hydrogens is 734 g/mol. The summed E-state index contributed by atoms with van der Waals surface area (Å²) in [5, 5.41) is 9.70. The molecule has 4 heterocycles. The number of hydrogen-bond acceptors (Lipinski definition) is 7. The zero-order chi connectivity index (χ0) is 33.8. The van der Waals surface area contributed by atoms with E-state index in [0.717, 1.165) is 42.5 Å². The van der Waals surface area contributed by atoms with E-state index in [4.69, 9.17) is 9.47 Å². The van der Waals surface area contributed by atoms with Crippen LogP contribution in [0.3, 0.4) is 0 Å². The van der Waals surface area contributed by atoms with Crippen molar-refractivity contribution in [1.29, 1.82) is 0 Å². The third kappa shape index (κ3) is 8.41. The van der Waals surface area contributed by atoms with Gasteiger partial charge in [0.15, 0.2) is 0 Å². The minimum Gasteiger partial charge on any atom is -1.00 e. The molecule has 3 aromatic rings. The molecular formula is C40H55BrClN3O4S. The van der Waals surface area contributed by atoms with Gasteiger partial charge < -0.3 is 40.9 Å². The summed E-state index contributed by atoms with van der Waals surface area (Å²) in [7, 11) is 2.36. The second-order valence-corrected chi connectivity index (χ2v) is 15.1. The monoisotopic (exact) mass is 787 g/mol. The van der Waals surface area contributed by atoms with Crippen LogP contribution in [0.15, 0.2) is 88.7 Å². The number of epoxide rings is 1. The molecule has 0 amide bonds. The number of hydrogen-bond donors (Lipinski definition) is 1. The number of unbranched alkanes of at least 4 members (excludes halogenated alkanes) is 1. The lowest BCUT2D eigenvalue weighted by Gasteiger charge is -2.48. The molecule has 3 saturated heterocycles. The summed E-state index contributed by atoms with van der Waals surface area (Å²) in [4.78, 5) is 20.4. The number of rotatable bonds is 12. The van der Waals surface area contributed by atoms with Crippen LogP contribution < -0.4 is 21.9 Å². The first-order chi connectivity index (χ1) is 23.3. The van der Waals surface area contributed by atoms with Crippen molar-refractivity contribution >= 4 is 41.5 Å². The number of halogens is 2. The van der Waals surface area contributed by atoms with Crippen molar-refractivity contribution in [2.45, 2.75) is 106 Å². The average molecular weight is 789 g/mol. The van der Waals surface area contributed by atoms with Crippen LogP contribution in [0.2, 0.25) is 0 Å². The number of aliphatic hydroxyl groups excluding tert-OH is 1. The van der Waals surface area contributed by atoms with Gasteiger partial charge in [-0.3, -0.25) is 9.69 Å². The Kier molecular flexibility index (Phi) is 14.7. The Balaban J connectivity index is 0.000000219. The van der Waals surface area contributed by atoms with Gasteiger partial charge >= 0.3 is 5.97 Å². The van der Waals surface area contributed by atoms with Crippen molar-refractivity contribution in [2.75, 3.05) is 44.7 Å². The summed E-state index contributed by atoms with van der Waals surface area (Å²) in [6.45, 7) is 13.2. The van der Waals surface area contributed by atoms with E-state index >= 15 is 0 Å². The standard InChI is InChI=1S/C21H30NO4.C19H24N2S.BrH.ClH/c1-3-4-10-22(2)17-11-15(12-18(22)20-19(17)26-20)25-21(24)16(13-23)14-8-6-5-7-9-14;1-4-20(5-2)15(3)14-21-16-10-6-8-12-18(16)22-19-13-9-7-11-17(19)21;;/h5-9,15-20,23H,3-4,10-13H2,1-2H3;6-13,15H,4-5,14H2,1-3H3;2*1H/q+1;;;/p-1/t15-,16-,17-,18+,19-,20+,22?;;;/m1.../s1. The van der Waals surface area contributed by atoms with Crippen LogP contribution in [0.5, 0.6) is 0 Å². The average Bonchev–Trinajstić information content (AvgIpc) is 3.88. The fourth-order valence-electron chi connectivity index (χ4n) is 8.44. The van der Waals surface area contributed by atoms with Crippen molar-refractivity contribution < 1.29 is 40.8 Å². The number of likely N-dealkylation sites (N-methyl/N-ethyl adjacent to an activating group) is 2. The lowest BCUT2D eigenvalue weighted by atomic mass is 9.94. The van der Waals surface area contributed by atoms with E-state index in [9.17, 15) is 9.90 Å². The highest BCUT2D eigenvalue weighted by Crippen LogP contribution is 2.53. The number of aliphatic hydroxyl groups is 1. The molecule has 10 heteroatoms. The zero-order valence-electron chi connectivity index (χ0n) is 30.1. The second kappa shape index (κ2) is 18.1. The zero-order valence-corrected chi connectivity index (χ0v) is 33.3. The summed E-state index contributed by atoms with van der Waals surface area (Å²) in [5.74, 6) is -0.898. The van der Waals surface area contributed by atoms with Crippen molar-refractivity contribution in [1.82, 2.24) is 4.90 Å². The highest BCUT2D eigenvalue weighted by atomic mass is 79.9. The number of nitrogens with zero attached hydrogens (tertiary/aromatic N) is 3. The molecule has 1 N–H and O–H groups in total. The van der Waals surface area contributed by atoms with Crippen molar-refractivity contribution in [3.05, 3.63) is 84.4 Å². The van der Waals surface area contributed by atoms with Gasteiger partial charge in [-0.05, 0) is 56.3 Å². The molecule has 0 aromatic heterocycles. The van der Waals surface area contributed by atoms with Gasteiger partial charge in [0.25, 0.3) is 0 Å². The van der Waals surface area contributed by atoms with Crippen LogP contribution in [0, 0.1) is 0 Å². The molecule has 7 nitrogen and oxygen atoms in total. The maximum absolute atomic E-state index is 12.7. The lowest BCUT2D eigenvalue weighted by Crippen LogP contribution is -3.00. The topological polar surface area (TPSA) is 65.5 Å². The Hall–Kier alpha value is -2.11. The molecule has 3 fully saturated rings. The molecule has 50 heavy (non-hydrogen) atoms. The first-order valence-corrected chi connectivity index (χ1v) is 18.9. The molecule has 4 aliphatic heterocycles. The number of piperidine rings is 1. The van der Waals surface area contributed by atoms with E-state index in [1.807, 2.05) is 42.1 Å². The lowest BCUT2D eigenvalue weighted by molar-refractivity contribution is -0.956. The van der Waals surface area contributed by atoms with Gasteiger partial charge in [-0.15, -0.1) is 12.4 Å². The predicted octanol–water partition coefficient (Wildman–Crippen LogP) is 4.68. The molecule has 274 valence electrons.